The molecule has 0 unspecified atom stereocenters. The summed E-state index contributed by atoms with van der Waals surface area (Å²) in [6.45, 7) is 3.83. The molecule has 2 aromatic heterocycles. The maximum absolute atomic E-state index is 13.3. The average molecular weight is 476 g/mol. The smallest absolute Gasteiger partial charge is 0.345 e. The monoisotopic (exact) mass is 475 g/mol. The molecule has 0 spiro atoms. The Morgan fingerprint density at radius 3 is 2.44 bits per heavy atom. The van der Waals surface area contributed by atoms with Crippen molar-refractivity contribution >= 4 is 17.5 Å². The largest absolute Gasteiger partial charge is 0.352 e. The van der Waals surface area contributed by atoms with E-state index in [2.05, 4.69) is 15.4 Å². The first kappa shape index (κ1) is 23.1. The van der Waals surface area contributed by atoms with E-state index >= 15 is 0 Å². The molecule has 0 saturated carbocycles. The number of rotatable bonds is 6. The van der Waals surface area contributed by atoms with E-state index in [-0.39, 0.29) is 13.1 Å². The Labute approximate surface area is 200 Å². The number of aryl methyl sites for hydroxylation is 2. The number of halogens is 1. The van der Waals surface area contributed by atoms with Gasteiger partial charge in [-0.25, -0.2) is 4.79 Å². The Morgan fingerprint density at radius 1 is 1.00 bits per heavy atom. The maximum Gasteiger partial charge on any atom is 0.352 e. The van der Waals surface area contributed by atoms with Crippen molar-refractivity contribution < 1.29 is 4.79 Å². The minimum absolute atomic E-state index is 0.0634. The number of hydrogen-bond acceptors (Lipinski definition) is 5. The molecule has 0 atom stereocenters. The predicted molar refractivity (Wildman–Crippen MR) is 130 cm³/mol. The van der Waals surface area contributed by atoms with E-state index in [4.69, 9.17) is 11.6 Å². The van der Waals surface area contributed by atoms with E-state index in [0.29, 0.717) is 22.0 Å². The number of pyridine rings is 1. The van der Waals surface area contributed by atoms with Crippen LogP contribution >= 0.6 is 11.6 Å². The second kappa shape index (κ2) is 9.84. The summed E-state index contributed by atoms with van der Waals surface area (Å²) in [6, 6.07) is 17.6. The number of aromatic nitrogens is 4. The summed E-state index contributed by atoms with van der Waals surface area (Å²) in [6.07, 6.45) is 1.61. The highest BCUT2D eigenvalue weighted by atomic mass is 35.5. The molecule has 0 radical (unpaired) electrons. The van der Waals surface area contributed by atoms with E-state index in [9.17, 15) is 14.4 Å². The Balaban J connectivity index is 1.82. The zero-order valence-corrected chi connectivity index (χ0v) is 19.4. The molecule has 2 heterocycles. The van der Waals surface area contributed by atoms with Gasteiger partial charge in [0, 0.05) is 11.2 Å². The number of hydrogen-bond donors (Lipinski definition) is 1. The molecule has 2 aromatic carbocycles. The van der Waals surface area contributed by atoms with Crippen LogP contribution < -0.4 is 16.6 Å². The van der Waals surface area contributed by atoms with Crippen molar-refractivity contribution in [3.05, 3.63) is 121 Å². The zero-order chi connectivity index (χ0) is 24.2. The van der Waals surface area contributed by atoms with Gasteiger partial charge in [-0.05, 0) is 66.9 Å². The van der Waals surface area contributed by atoms with Gasteiger partial charge in [-0.2, -0.15) is 9.78 Å². The van der Waals surface area contributed by atoms with E-state index in [1.54, 1.807) is 60.8 Å². The molecule has 0 bridgehead atoms. The molecule has 34 heavy (non-hydrogen) atoms. The Bertz CT molecular complexity index is 1460. The lowest BCUT2D eigenvalue weighted by Crippen LogP contribution is -2.46. The molecule has 0 aliphatic heterocycles. The number of amides is 1. The van der Waals surface area contributed by atoms with E-state index in [1.165, 1.54) is 0 Å². The van der Waals surface area contributed by atoms with E-state index < -0.39 is 22.9 Å². The van der Waals surface area contributed by atoms with Crippen LogP contribution in [0.1, 0.15) is 32.9 Å². The highest BCUT2D eigenvalue weighted by molar-refractivity contribution is 6.30. The van der Waals surface area contributed by atoms with Crippen LogP contribution in [0.25, 0.3) is 5.69 Å². The third-order valence-corrected chi connectivity index (χ3v) is 5.35. The predicted octanol–water partition coefficient (Wildman–Crippen LogP) is 3.04. The minimum atomic E-state index is -0.788. The van der Waals surface area contributed by atoms with Crippen LogP contribution in [0, 0.1) is 13.8 Å². The van der Waals surface area contributed by atoms with Gasteiger partial charge in [0.05, 0.1) is 24.5 Å². The molecule has 0 saturated heterocycles. The molecule has 4 rings (SSSR count). The summed E-state index contributed by atoms with van der Waals surface area (Å²) < 4.78 is 2.08. The third-order valence-electron chi connectivity index (χ3n) is 5.11. The van der Waals surface area contributed by atoms with E-state index in [0.717, 1.165) is 20.4 Å². The molecule has 1 N–H and O–H groups in total. The second-order valence-electron chi connectivity index (χ2n) is 7.91. The molecule has 0 fully saturated rings. The number of nitrogens with one attached hydrogen (secondary N) is 1. The lowest BCUT2D eigenvalue weighted by Gasteiger charge is -2.13. The van der Waals surface area contributed by atoms with Gasteiger partial charge in [0.2, 0.25) is 5.69 Å². The van der Waals surface area contributed by atoms with Gasteiger partial charge in [0.25, 0.3) is 11.5 Å². The highest BCUT2D eigenvalue weighted by Gasteiger charge is 2.21. The van der Waals surface area contributed by atoms with Crippen molar-refractivity contribution in [2.75, 3.05) is 0 Å². The quantitative estimate of drug-likeness (QED) is 0.462. The van der Waals surface area contributed by atoms with Crippen LogP contribution in [0.3, 0.4) is 0 Å². The molecule has 0 aliphatic rings. The van der Waals surface area contributed by atoms with Crippen molar-refractivity contribution in [1.29, 1.82) is 0 Å². The Hall–Kier alpha value is -4.04. The molecule has 172 valence electrons. The summed E-state index contributed by atoms with van der Waals surface area (Å²) >= 11 is 6.08. The second-order valence-corrected chi connectivity index (χ2v) is 8.35. The van der Waals surface area contributed by atoms with Gasteiger partial charge in [-0.3, -0.25) is 19.1 Å². The van der Waals surface area contributed by atoms with Crippen LogP contribution in [-0.2, 0) is 13.1 Å². The molecular formula is C25H22ClN5O3. The molecule has 8 nitrogen and oxygen atoms in total. The van der Waals surface area contributed by atoms with Crippen molar-refractivity contribution in [3.8, 4) is 5.69 Å². The lowest BCUT2D eigenvalue weighted by atomic mass is 10.1. The van der Waals surface area contributed by atoms with Crippen molar-refractivity contribution in [1.82, 2.24) is 24.6 Å². The topological polar surface area (TPSA) is 98.9 Å². The molecule has 9 heteroatoms. The normalized spacial score (nSPS) is 10.8. The summed E-state index contributed by atoms with van der Waals surface area (Å²) in [5.41, 5.74) is 1.72. The van der Waals surface area contributed by atoms with Crippen LogP contribution in [0.4, 0.5) is 0 Å². The number of benzene rings is 2. The van der Waals surface area contributed by atoms with Crippen molar-refractivity contribution in [2.45, 2.75) is 26.9 Å². The van der Waals surface area contributed by atoms with Gasteiger partial charge in [-0.1, -0.05) is 35.9 Å². The maximum atomic E-state index is 13.3. The molecule has 0 aliphatic carbocycles. The standard InChI is InChI=1S/C25H22ClN5O3/c1-16-10-17(2)12-21(11-16)31-25(34)30(15-18-6-5-7-19(26)13-18)24(33)22(29-31)23(32)28-14-20-8-3-4-9-27-20/h3-13H,14-15H2,1-2H3,(H,28,32). The van der Waals surface area contributed by atoms with Gasteiger partial charge in [0.1, 0.15) is 0 Å². The SMILES string of the molecule is Cc1cc(C)cc(-n2nc(C(=O)NCc3ccccn3)c(=O)n(Cc3cccc(Cl)c3)c2=O)c1. The van der Waals surface area contributed by atoms with Crippen LogP contribution in [0.2, 0.25) is 5.02 Å². The fourth-order valence-electron chi connectivity index (χ4n) is 3.61. The number of nitrogens with zero attached hydrogens (tertiary/aromatic N) is 4. The third kappa shape index (κ3) is 5.13. The van der Waals surface area contributed by atoms with Crippen LogP contribution in [0.5, 0.6) is 0 Å². The first-order chi connectivity index (χ1) is 16.3. The summed E-state index contributed by atoms with van der Waals surface area (Å²) in [4.78, 5) is 43.7. The minimum Gasteiger partial charge on any atom is -0.345 e. The average Bonchev–Trinajstić information content (AvgIpc) is 2.80. The van der Waals surface area contributed by atoms with Gasteiger partial charge < -0.3 is 5.32 Å². The summed E-state index contributed by atoms with van der Waals surface area (Å²) in [7, 11) is 0. The van der Waals surface area contributed by atoms with Crippen molar-refractivity contribution in [3.63, 3.8) is 0 Å². The molecule has 1 amide bonds. The van der Waals surface area contributed by atoms with Gasteiger partial charge >= 0.3 is 5.69 Å². The van der Waals surface area contributed by atoms with Gasteiger partial charge in [-0.15, -0.1) is 0 Å². The lowest BCUT2D eigenvalue weighted by molar-refractivity contribution is 0.0940. The summed E-state index contributed by atoms with van der Waals surface area (Å²) in [5, 5.41) is 7.31. The molecular weight excluding hydrogens is 454 g/mol. The van der Waals surface area contributed by atoms with Gasteiger partial charge in [0.15, 0.2) is 0 Å². The number of carbonyl (C=O) groups excluding carboxylic acids is 1. The Kier molecular flexibility index (Phi) is 6.70. The first-order valence-corrected chi connectivity index (χ1v) is 10.9. The number of carbonyl (C=O) groups is 1. The van der Waals surface area contributed by atoms with Crippen molar-refractivity contribution in [2.24, 2.45) is 0 Å². The Morgan fingerprint density at radius 2 is 1.76 bits per heavy atom. The fourth-order valence-corrected chi connectivity index (χ4v) is 3.83. The fraction of sp³-hybridized carbons (Fsp3) is 0.160. The van der Waals surface area contributed by atoms with Crippen LogP contribution in [-0.4, -0.2) is 25.2 Å². The zero-order valence-electron chi connectivity index (χ0n) is 18.7. The molecule has 4 aromatic rings. The summed E-state index contributed by atoms with van der Waals surface area (Å²) in [5.74, 6) is -0.700. The van der Waals surface area contributed by atoms with E-state index in [1.807, 2.05) is 19.9 Å². The van der Waals surface area contributed by atoms with Crippen LogP contribution in [0.15, 0.2) is 76.4 Å². The first-order valence-electron chi connectivity index (χ1n) is 10.6. The highest BCUT2D eigenvalue weighted by Crippen LogP contribution is 2.13.